The molecule has 0 bridgehead atoms. The third-order valence-electron chi connectivity index (χ3n) is 6.92. The van der Waals surface area contributed by atoms with Gasteiger partial charge in [0.2, 0.25) is 5.91 Å². The highest BCUT2D eigenvalue weighted by Crippen LogP contribution is 2.32. The van der Waals surface area contributed by atoms with Gasteiger partial charge in [-0.25, -0.2) is 9.78 Å². The first-order chi connectivity index (χ1) is 17.7. The maximum atomic E-state index is 12.4. The number of aromatic nitrogens is 2. The van der Waals surface area contributed by atoms with Crippen molar-refractivity contribution in [1.29, 1.82) is 0 Å². The molecule has 0 unspecified atom stereocenters. The van der Waals surface area contributed by atoms with Crippen LogP contribution in [-0.4, -0.2) is 52.6 Å². The molecule has 3 heterocycles. The number of fused-ring (bicyclic) bond motifs is 1. The van der Waals surface area contributed by atoms with Crippen molar-refractivity contribution >= 4 is 28.7 Å². The van der Waals surface area contributed by atoms with Crippen LogP contribution in [0.1, 0.15) is 110 Å². The van der Waals surface area contributed by atoms with Crippen LogP contribution >= 0.6 is 0 Å². The molecule has 1 atom stereocenters. The quantitative estimate of drug-likeness (QED) is 0.244. The monoisotopic (exact) mass is 513 g/mol. The topological polar surface area (TPSA) is 99.4 Å². The molecule has 206 valence electrons. The number of amides is 2. The van der Waals surface area contributed by atoms with Crippen LogP contribution in [0.15, 0.2) is 18.3 Å². The maximum absolute atomic E-state index is 12.4. The Morgan fingerprint density at radius 1 is 1.05 bits per heavy atom. The van der Waals surface area contributed by atoms with E-state index in [2.05, 4.69) is 38.6 Å². The second-order valence-electron chi connectivity index (χ2n) is 11.4. The van der Waals surface area contributed by atoms with Gasteiger partial charge < -0.3 is 20.4 Å². The molecule has 2 aromatic heterocycles. The predicted octanol–water partition coefficient (Wildman–Crippen LogP) is 6.69. The second kappa shape index (κ2) is 14.4. The molecule has 0 radical (unpaired) electrons. The molecule has 0 aliphatic carbocycles. The fraction of sp³-hybridized carbons (Fsp3) is 0.690. The van der Waals surface area contributed by atoms with Crippen LogP contribution in [0.2, 0.25) is 0 Å². The second-order valence-corrected chi connectivity index (χ2v) is 11.4. The zero-order chi connectivity index (χ0) is 26.7. The number of alkyl carbamates (subject to hydrolysis) is 1. The summed E-state index contributed by atoms with van der Waals surface area (Å²) in [5.41, 5.74) is 1.81. The number of rotatable bonds is 14. The fourth-order valence-electron chi connectivity index (χ4n) is 4.96. The van der Waals surface area contributed by atoms with Crippen molar-refractivity contribution in [3.05, 3.63) is 24.0 Å². The molecule has 0 saturated carbocycles. The number of nitrogens with zero attached hydrogens (tertiary/aromatic N) is 2. The van der Waals surface area contributed by atoms with Gasteiger partial charge in [0, 0.05) is 42.4 Å². The fourth-order valence-corrected chi connectivity index (χ4v) is 4.96. The van der Waals surface area contributed by atoms with E-state index < -0.39 is 5.60 Å². The third-order valence-corrected chi connectivity index (χ3v) is 6.92. The first-order valence-corrected chi connectivity index (χ1v) is 14.2. The van der Waals surface area contributed by atoms with E-state index in [9.17, 15) is 9.59 Å². The molecular formula is C29H47N5O3. The zero-order valence-corrected chi connectivity index (χ0v) is 23.3. The molecule has 1 fully saturated rings. The largest absolute Gasteiger partial charge is 0.444 e. The number of carbonyl (C=O) groups is 2. The molecule has 3 N–H and O–H groups in total. The molecule has 8 nitrogen and oxygen atoms in total. The Morgan fingerprint density at radius 2 is 1.73 bits per heavy atom. The number of H-pyrrole nitrogens is 1. The molecule has 2 amide bonds. The van der Waals surface area contributed by atoms with Crippen molar-refractivity contribution < 1.29 is 14.3 Å². The average molecular weight is 514 g/mol. The molecule has 3 rings (SSSR count). The first-order valence-electron chi connectivity index (χ1n) is 14.2. The van der Waals surface area contributed by atoms with Gasteiger partial charge in [0.15, 0.2) is 0 Å². The maximum Gasteiger partial charge on any atom is 0.407 e. The van der Waals surface area contributed by atoms with Crippen molar-refractivity contribution in [3.63, 3.8) is 0 Å². The standard InChI is InChI=1S/C29H47N5O3/c1-29(2,3)37-28(36)30-17-13-11-9-7-5-6-8-10-12-16-27(35)33-26-20-23-22(21-31-26)19-24(32-23)25-15-14-18-34(25)4/h19-21,25,32H,5-18H2,1-4H3,(H,30,36)(H,31,33,35)/t25-/m0/s1. The average Bonchev–Trinajstić information content (AvgIpc) is 3.43. The Balaban J connectivity index is 1.19. The molecule has 0 aromatic carbocycles. The summed E-state index contributed by atoms with van der Waals surface area (Å²) in [7, 11) is 2.17. The van der Waals surface area contributed by atoms with Gasteiger partial charge in [-0.3, -0.25) is 9.69 Å². The van der Waals surface area contributed by atoms with Gasteiger partial charge in [-0.2, -0.15) is 0 Å². The Hall–Kier alpha value is -2.61. The number of aromatic amines is 1. The lowest BCUT2D eigenvalue weighted by molar-refractivity contribution is -0.116. The van der Waals surface area contributed by atoms with Crippen molar-refractivity contribution in [2.24, 2.45) is 0 Å². The van der Waals surface area contributed by atoms with Gasteiger partial charge in [-0.1, -0.05) is 44.9 Å². The van der Waals surface area contributed by atoms with E-state index in [1.165, 1.54) is 50.6 Å². The number of pyridine rings is 1. The van der Waals surface area contributed by atoms with E-state index in [0.29, 0.717) is 24.8 Å². The highest BCUT2D eigenvalue weighted by atomic mass is 16.6. The summed E-state index contributed by atoms with van der Waals surface area (Å²) >= 11 is 0. The molecule has 37 heavy (non-hydrogen) atoms. The van der Waals surface area contributed by atoms with E-state index in [4.69, 9.17) is 4.74 Å². The number of ether oxygens (including phenoxy) is 1. The summed E-state index contributed by atoms with van der Waals surface area (Å²) in [5.74, 6) is 0.654. The lowest BCUT2D eigenvalue weighted by Crippen LogP contribution is -2.32. The van der Waals surface area contributed by atoms with E-state index in [0.717, 1.165) is 43.1 Å². The van der Waals surface area contributed by atoms with Gasteiger partial charge in [0.1, 0.15) is 11.4 Å². The van der Waals surface area contributed by atoms with Gasteiger partial charge in [0.05, 0.1) is 5.52 Å². The third kappa shape index (κ3) is 10.3. The number of hydrogen-bond acceptors (Lipinski definition) is 5. The Kier molecular flexibility index (Phi) is 11.2. The number of hydrogen-bond donors (Lipinski definition) is 3. The van der Waals surface area contributed by atoms with Gasteiger partial charge in [-0.15, -0.1) is 0 Å². The Morgan fingerprint density at radius 3 is 2.38 bits per heavy atom. The van der Waals surface area contributed by atoms with Gasteiger partial charge >= 0.3 is 6.09 Å². The number of likely N-dealkylation sites (tertiary alicyclic amines) is 1. The Bertz CT molecular complexity index is 997. The highest BCUT2D eigenvalue weighted by Gasteiger charge is 2.24. The summed E-state index contributed by atoms with van der Waals surface area (Å²) < 4.78 is 5.23. The molecule has 0 spiro atoms. The molecular weight excluding hydrogens is 466 g/mol. The summed E-state index contributed by atoms with van der Waals surface area (Å²) in [6, 6.07) is 4.57. The number of carbonyl (C=O) groups excluding carboxylic acids is 2. The van der Waals surface area contributed by atoms with Crippen molar-refractivity contribution in [2.75, 3.05) is 25.5 Å². The lowest BCUT2D eigenvalue weighted by Gasteiger charge is -2.19. The number of nitrogens with one attached hydrogen (secondary N) is 3. The van der Waals surface area contributed by atoms with Crippen LogP contribution in [-0.2, 0) is 9.53 Å². The van der Waals surface area contributed by atoms with E-state index >= 15 is 0 Å². The van der Waals surface area contributed by atoms with Crippen molar-refractivity contribution in [2.45, 2.75) is 109 Å². The molecule has 1 saturated heterocycles. The number of unbranched alkanes of at least 4 members (excludes halogenated alkanes) is 8. The highest BCUT2D eigenvalue weighted by molar-refractivity contribution is 5.92. The van der Waals surface area contributed by atoms with Crippen molar-refractivity contribution in [3.8, 4) is 0 Å². The van der Waals surface area contributed by atoms with Crippen LogP contribution < -0.4 is 10.6 Å². The van der Waals surface area contributed by atoms with E-state index in [1.807, 2.05) is 33.0 Å². The zero-order valence-electron chi connectivity index (χ0n) is 23.3. The minimum Gasteiger partial charge on any atom is -0.444 e. The first kappa shape index (κ1) is 29.0. The number of anilines is 1. The van der Waals surface area contributed by atoms with Crippen molar-refractivity contribution in [1.82, 2.24) is 20.2 Å². The summed E-state index contributed by atoms with van der Waals surface area (Å²) in [4.78, 5) is 34.3. The molecule has 8 heteroatoms. The predicted molar refractivity (Wildman–Crippen MR) is 150 cm³/mol. The van der Waals surface area contributed by atoms with Gasteiger partial charge in [-0.05, 0) is 66.1 Å². The Labute approximate surface area is 222 Å². The smallest absolute Gasteiger partial charge is 0.407 e. The van der Waals surface area contributed by atoms with Crippen LogP contribution in [0.4, 0.5) is 10.6 Å². The van der Waals surface area contributed by atoms with Crippen LogP contribution in [0.5, 0.6) is 0 Å². The summed E-state index contributed by atoms with van der Waals surface area (Å²) in [6.45, 7) is 7.41. The molecule has 2 aromatic rings. The lowest BCUT2D eigenvalue weighted by atomic mass is 10.1. The summed E-state index contributed by atoms with van der Waals surface area (Å²) in [6.07, 6.45) is 14.6. The van der Waals surface area contributed by atoms with Crippen LogP contribution in [0.25, 0.3) is 10.9 Å². The van der Waals surface area contributed by atoms with Crippen LogP contribution in [0.3, 0.4) is 0 Å². The summed E-state index contributed by atoms with van der Waals surface area (Å²) in [5, 5.41) is 6.86. The minimum atomic E-state index is -0.445. The van der Waals surface area contributed by atoms with Gasteiger partial charge in [0.25, 0.3) is 0 Å². The normalized spacial score (nSPS) is 16.3. The molecule has 1 aliphatic heterocycles. The minimum absolute atomic E-state index is 0.0362. The SMILES string of the molecule is CN1CCC[C@H]1c1cc2cnc(NC(=O)CCCCCCCCCCCNC(=O)OC(C)(C)C)cc2[nH]1. The van der Waals surface area contributed by atoms with Crippen LogP contribution in [0, 0.1) is 0 Å². The van der Waals surface area contributed by atoms with E-state index in [-0.39, 0.29) is 12.0 Å². The molecule has 1 aliphatic rings. The van der Waals surface area contributed by atoms with E-state index in [1.54, 1.807) is 0 Å².